The number of imide groups is 1. The molecule has 14 heteroatoms. The molecule has 3 saturated heterocycles. The first-order chi connectivity index (χ1) is 23.4. The Bertz CT molecular complexity index is 1790. The second-order valence-electron chi connectivity index (χ2n) is 15.4. The molecule has 4 aliphatic rings. The third-order valence-electron chi connectivity index (χ3n) is 10.4. The van der Waals surface area contributed by atoms with Crippen LogP contribution in [0.1, 0.15) is 84.4 Å². The van der Waals surface area contributed by atoms with E-state index in [1.54, 1.807) is 31.3 Å². The molecular formula is C36H47N3O9S2. The van der Waals surface area contributed by atoms with Crippen molar-refractivity contribution in [3.63, 3.8) is 0 Å². The van der Waals surface area contributed by atoms with E-state index in [0.717, 1.165) is 17.7 Å². The molecule has 2 aromatic rings. The van der Waals surface area contributed by atoms with Crippen molar-refractivity contribution in [3.05, 3.63) is 41.3 Å². The predicted octanol–water partition coefficient (Wildman–Crippen LogP) is 4.72. The molecule has 1 N–H and O–H groups in total. The van der Waals surface area contributed by atoms with E-state index in [4.69, 9.17) is 14.3 Å². The molecule has 0 bridgehead atoms. The quantitative estimate of drug-likeness (QED) is 0.301. The summed E-state index contributed by atoms with van der Waals surface area (Å²) in [5.74, 6) is -2.88. The zero-order valence-electron chi connectivity index (χ0n) is 29.6. The smallest absolute Gasteiger partial charge is 0.256 e. The molecule has 3 unspecified atom stereocenters. The minimum absolute atomic E-state index is 0.0241. The second-order valence-corrected chi connectivity index (χ2v) is 18.9. The van der Waals surface area contributed by atoms with Crippen LogP contribution in [0.5, 0.6) is 0 Å². The number of benzene rings is 1. The van der Waals surface area contributed by atoms with Crippen molar-refractivity contribution in [2.45, 2.75) is 102 Å². The number of fused-ring (bicyclic) bond motifs is 1. The van der Waals surface area contributed by atoms with E-state index in [1.165, 1.54) is 16.2 Å². The lowest BCUT2D eigenvalue weighted by atomic mass is 9.94. The summed E-state index contributed by atoms with van der Waals surface area (Å²) in [7, 11) is -2.17. The van der Waals surface area contributed by atoms with Gasteiger partial charge in [0.15, 0.2) is 21.7 Å². The number of anilines is 1. The molecule has 1 aromatic heterocycles. The number of ether oxygens (including phenoxy) is 2. The van der Waals surface area contributed by atoms with Gasteiger partial charge in [0.05, 0.1) is 29.4 Å². The number of sulfone groups is 1. The second kappa shape index (κ2) is 13.1. The summed E-state index contributed by atoms with van der Waals surface area (Å²) >= 11 is 1.28. The van der Waals surface area contributed by atoms with Gasteiger partial charge >= 0.3 is 0 Å². The summed E-state index contributed by atoms with van der Waals surface area (Å²) < 4.78 is 38.0. The topological polar surface area (TPSA) is 149 Å². The van der Waals surface area contributed by atoms with Gasteiger partial charge in [0.2, 0.25) is 11.8 Å². The number of amides is 4. The number of hydrogen-bond acceptors (Lipinski definition) is 10. The first-order valence-electron chi connectivity index (χ1n) is 17.3. The molecule has 272 valence electrons. The number of hydroxylamine groups is 1. The van der Waals surface area contributed by atoms with Crippen LogP contribution in [0.4, 0.5) is 5.69 Å². The van der Waals surface area contributed by atoms with E-state index in [9.17, 15) is 27.6 Å². The monoisotopic (exact) mass is 729 g/mol. The number of hydrogen-bond donors (Lipinski definition) is 1. The largest absolute Gasteiger partial charge is 0.358 e. The number of carbonyl (C=O) groups is 4. The number of nitrogens with zero attached hydrogens (tertiary/aromatic N) is 2. The summed E-state index contributed by atoms with van der Waals surface area (Å²) in [5.41, 5.74) is 0.430. The average molecular weight is 730 g/mol. The van der Waals surface area contributed by atoms with Crippen molar-refractivity contribution < 1.29 is 41.9 Å². The maximum atomic E-state index is 14.3. The van der Waals surface area contributed by atoms with Gasteiger partial charge in [0.1, 0.15) is 11.3 Å². The van der Waals surface area contributed by atoms with Gasteiger partial charge in [0.25, 0.3) is 11.8 Å². The molecule has 1 aromatic carbocycles. The Morgan fingerprint density at radius 2 is 1.84 bits per heavy atom. The van der Waals surface area contributed by atoms with Crippen molar-refractivity contribution in [1.29, 1.82) is 0 Å². The van der Waals surface area contributed by atoms with Crippen LogP contribution in [0.3, 0.4) is 0 Å². The van der Waals surface area contributed by atoms with E-state index in [0.29, 0.717) is 53.3 Å². The third kappa shape index (κ3) is 6.31. The van der Waals surface area contributed by atoms with Gasteiger partial charge in [-0.1, -0.05) is 32.4 Å². The van der Waals surface area contributed by atoms with Gasteiger partial charge in [0, 0.05) is 35.2 Å². The first-order valence-corrected chi connectivity index (χ1v) is 19.7. The van der Waals surface area contributed by atoms with Crippen LogP contribution < -0.4 is 10.4 Å². The minimum Gasteiger partial charge on any atom is -0.358 e. The van der Waals surface area contributed by atoms with Crippen molar-refractivity contribution >= 4 is 50.5 Å². The molecule has 3 aliphatic heterocycles. The van der Waals surface area contributed by atoms with Crippen LogP contribution in [-0.2, 0) is 48.1 Å². The summed E-state index contributed by atoms with van der Waals surface area (Å²) in [6.07, 6.45) is 3.10. The molecule has 50 heavy (non-hydrogen) atoms. The van der Waals surface area contributed by atoms with E-state index in [2.05, 4.69) is 5.48 Å². The fourth-order valence-corrected chi connectivity index (χ4v) is 11.6. The number of thiophene rings is 1. The average Bonchev–Trinajstić information content (AvgIpc) is 3.31. The van der Waals surface area contributed by atoms with Crippen LogP contribution in [0.15, 0.2) is 36.4 Å². The molecule has 4 fully saturated rings. The molecule has 1 saturated carbocycles. The normalized spacial score (nSPS) is 29.6. The molecule has 0 spiro atoms. The number of nitrogens with one attached hydrogen (secondary N) is 1. The lowest BCUT2D eigenvalue weighted by molar-refractivity contribution is -0.200. The SMILES string of the molecule is CN1CC(=O)N(c2cccc(-c3ccc([C@@]4(CC(=O)NOC5CCCCO5)CCCCS4(=O)=O)s3)c2)C(=O)C2C(C)(C)C2(OC(C)(C)C)C1=O. The molecule has 4 amide bonds. The summed E-state index contributed by atoms with van der Waals surface area (Å²) in [4.78, 5) is 64.1. The van der Waals surface area contributed by atoms with Gasteiger partial charge in [-0.3, -0.25) is 19.2 Å². The molecule has 1 aliphatic carbocycles. The first kappa shape index (κ1) is 36.6. The highest BCUT2D eigenvalue weighted by Crippen LogP contribution is 2.67. The summed E-state index contributed by atoms with van der Waals surface area (Å²) in [6.45, 7) is 9.36. The molecule has 0 radical (unpaired) electrons. The molecule has 4 heterocycles. The maximum Gasteiger partial charge on any atom is 0.256 e. The maximum absolute atomic E-state index is 14.3. The van der Waals surface area contributed by atoms with Gasteiger partial charge < -0.3 is 14.4 Å². The number of likely N-dealkylation sites (N-methyl/N-ethyl adjacent to an activating group) is 1. The standard InChI is InChI=1S/C36H47N3O9S2/c1-33(2,3)48-36-30(34(36,4)5)31(42)39(28(41)22-38(6)32(36)43)24-13-11-12-23(20-24)25-15-16-26(49-25)35(17-8-10-19-50(35,44)45)21-27(40)37-47-29-14-7-9-18-46-29/h11-13,15-16,20,29-30H,7-10,14,17-19,21-22H2,1-6H3,(H,37,40)/t29?,30?,35-,36?/m0/s1. The lowest BCUT2D eigenvalue weighted by Crippen LogP contribution is -2.55. The van der Waals surface area contributed by atoms with Crippen LogP contribution in [0.2, 0.25) is 0 Å². The van der Waals surface area contributed by atoms with E-state index in [-0.39, 0.29) is 18.7 Å². The highest BCUT2D eigenvalue weighted by Gasteiger charge is 2.82. The van der Waals surface area contributed by atoms with Crippen LogP contribution in [0.25, 0.3) is 10.4 Å². The fraction of sp³-hybridized carbons (Fsp3) is 0.611. The van der Waals surface area contributed by atoms with Gasteiger partial charge in [-0.2, -0.15) is 0 Å². The molecule has 4 atom stereocenters. The Morgan fingerprint density at radius 1 is 1.08 bits per heavy atom. The van der Waals surface area contributed by atoms with Gasteiger partial charge in [-0.05, 0) is 76.3 Å². The van der Waals surface area contributed by atoms with Crippen LogP contribution in [-0.4, -0.2) is 80.4 Å². The van der Waals surface area contributed by atoms with E-state index >= 15 is 0 Å². The highest BCUT2D eigenvalue weighted by atomic mass is 32.2. The minimum atomic E-state index is -3.71. The highest BCUT2D eigenvalue weighted by molar-refractivity contribution is 7.92. The third-order valence-corrected chi connectivity index (χ3v) is 14.4. The fourth-order valence-electron chi connectivity index (χ4n) is 7.86. The lowest BCUT2D eigenvalue weighted by Gasteiger charge is -2.35. The Labute approximate surface area is 297 Å². The molecular weight excluding hydrogens is 683 g/mol. The Morgan fingerprint density at radius 3 is 2.52 bits per heavy atom. The number of rotatable bonds is 8. The molecule has 12 nitrogen and oxygen atoms in total. The molecule has 6 rings (SSSR count). The number of carbonyl (C=O) groups excluding carboxylic acids is 4. The Kier molecular flexibility index (Phi) is 9.60. The van der Waals surface area contributed by atoms with Crippen molar-refractivity contribution in [2.24, 2.45) is 11.3 Å². The van der Waals surface area contributed by atoms with Crippen LogP contribution >= 0.6 is 11.3 Å². The van der Waals surface area contributed by atoms with E-state index < -0.39 is 67.0 Å². The van der Waals surface area contributed by atoms with Gasteiger partial charge in [-0.25, -0.2) is 23.6 Å². The van der Waals surface area contributed by atoms with Crippen molar-refractivity contribution in [1.82, 2.24) is 10.4 Å². The summed E-state index contributed by atoms with van der Waals surface area (Å²) in [5, 5.41) is 0. The zero-order chi connectivity index (χ0) is 36.3. The van der Waals surface area contributed by atoms with E-state index in [1.807, 2.05) is 46.8 Å². The predicted molar refractivity (Wildman–Crippen MR) is 187 cm³/mol. The zero-order valence-corrected chi connectivity index (χ0v) is 31.2. The Hall–Kier alpha value is -3.17. The summed E-state index contributed by atoms with van der Waals surface area (Å²) in [6, 6.07) is 10.5. The van der Waals surface area contributed by atoms with Crippen molar-refractivity contribution in [3.8, 4) is 10.4 Å². The van der Waals surface area contributed by atoms with Crippen molar-refractivity contribution in [2.75, 3.05) is 30.9 Å². The van der Waals surface area contributed by atoms with Crippen LogP contribution in [0, 0.1) is 11.3 Å². The Balaban J connectivity index is 1.30. The van der Waals surface area contributed by atoms with Gasteiger partial charge in [-0.15, -0.1) is 11.3 Å².